The van der Waals surface area contributed by atoms with Crippen LogP contribution >= 0.6 is 23.2 Å². The highest BCUT2D eigenvalue weighted by Crippen LogP contribution is 2.66. The lowest BCUT2D eigenvalue weighted by Crippen LogP contribution is -2.53. The lowest BCUT2D eigenvalue weighted by Gasteiger charge is -2.50. The molecule has 3 fully saturated rings. The maximum absolute atomic E-state index is 15.4. The molecular weight excluding hydrogens is 697 g/mol. The highest BCUT2D eigenvalue weighted by Gasteiger charge is 2.71. The van der Waals surface area contributed by atoms with Gasteiger partial charge in [0, 0.05) is 35.2 Å². The number of nitrogens with one attached hydrogen (secondary N) is 1. The van der Waals surface area contributed by atoms with Gasteiger partial charge in [-0.3, -0.25) is 29.5 Å². The molecule has 0 bridgehead atoms. The van der Waals surface area contributed by atoms with Crippen molar-refractivity contribution >= 4 is 52.5 Å². The van der Waals surface area contributed by atoms with Crippen LogP contribution < -0.4 is 19.6 Å². The van der Waals surface area contributed by atoms with E-state index in [9.17, 15) is 19.5 Å². The van der Waals surface area contributed by atoms with Crippen LogP contribution in [0.1, 0.15) is 43.2 Å². The number of imide groups is 2. The second-order valence-electron chi connectivity index (χ2n) is 13.3. The van der Waals surface area contributed by atoms with Gasteiger partial charge in [0.25, 0.3) is 11.8 Å². The first-order chi connectivity index (χ1) is 24.5. The number of anilines is 1. The summed E-state index contributed by atoms with van der Waals surface area (Å²) < 4.78 is 16.8. The zero-order valence-corrected chi connectivity index (χ0v) is 30.0. The highest BCUT2D eigenvalue weighted by atomic mass is 35.5. The molecule has 1 saturated carbocycles. The second-order valence-corrected chi connectivity index (χ2v) is 14.1. The fraction of sp³-hybridized carbons (Fsp3) is 0.368. The molecule has 3 aromatic rings. The number of hydrazine groups is 1. The number of aromatic hydroxyl groups is 1. The number of allylic oxidation sites excluding steroid dienone is 2. The van der Waals surface area contributed by atoms with Crippen LogP contribution in [0.2, 0.25) is 10.0 Å². The minimum atomic E-state index is -1.67. The Balaban J connectivity index is 1.51. The molecule has 2 aliphatic heterocycles. The Labute approximate surface area is 305 Å². The molecule has 266 valence electrons. The summed E-state index contributed by atoms with van der Waals surface area (Å²) in [7, 11) is 4.43. The molecule has 3 aromatic carbocycles. The van der Waals surface area contributed by atoms with E-state index in [1.807, 2.05) is 13.0 Å². The Morgan fingerprint density at radius 2 is 1.61 bits per heavy atom. The number of benzene rings is 3. The van der Waals surface area contributed by atoms with Gasteiger partial charge in [0.05, 0.1) is 55.2 Å². The Kier molecular flexibility index (Phi) is 8.91. The summed E-state index contributed by atoms with van der Waals surface area (Å²) in [5, 5.41) is 13.4. The van der Waals surface area contributed by atoms with Crippen molar-refractivity contribution in [3.8, 4) is 23.0 Å². The molecule has 2 heterocycles. The molecule has 11 nitrogen and oxygen atoms in total. The standard InChI is InChI=1S/C38H37Cl2N3O8/c1-5-14-42-34(45)24-12-11-23-25(31(24)36(42)47)18-26-35(46)43(41-28-13-8-20(39)15-27(28)40)37(48)38(26,19-6-9-21(49-2)10-7-19)33(23)32-29(44)16-22(50-3)17-30(32)51-4/h6-11,13,15-17,24-26,31,33,41,44H,5,12,14,18H2,1-4H3/t24-,25+,26-,31-,33+,38+/m0/s1. The number of halogens is 2. The summed E-state index contributed by atoms with van der Waals surface area (Å²) in [5.74, 6) is -4.86. The van der Waals surface area contributed by atoms with Crippen molar-refractivity contribution in [3.63, 3.8) is 0 Å². The largest absolute Gasteiger partial charge is 0.507 e. The number of amides is 4. The molecule has 0 unspecified atom stereocenters. The molecule has 4 amide bonds. The molecule has 0 spiro atoms. The van der Waals surface area contributed by atoms with E-state index in [0.29, 0.717) is 40.6 Å². The maximum atomic E-state index is 15.4. The number of methoxy groups -OCH3 is 3. The maximum Gasteiger partial charge on any atom is 0.260 e. The van der Waals surface area contributed by atoms with Crippen LogP contribution in [0, 0.1) is 23.7 Å². The van der Waals surface area contributed by atoms with E-state index < -0.39 is 46.8 Å². The number of nitrogens with zero attached hydrogens (tertiary/aromatic N) is 2. The molecule has 6 atom stereocenters. The summed E-state index contributed by atoms with van der Waals surface area (Å²) in [6, 6.07) is 14.6. The van der Waals surface area contributed by atoms with Crippen molar-refractivity contribution in [1.82, 2.24) is 9.91 Å². The minimum absolute atomic E-state index is 0.0881. The van der Waals surface area contributed by atoms with Crippen LogP contribution in [0.25, 0.3) is 0 Å². The molecule has 4 aliphatic rings. The zero-order valence-electron chi connectivity index (χ0n) is 28.4. The number of carbonyl (C=O) groups is 4. The van der Waals surface area contributed by atoms with Gasteiger partial charge in [-0.15, -0.1) is 0 Å². The number of ether oxygens (including phenoxy) is 3. The third-order valence-electron chi connectivity index (χ3n) is 11.0. The lowest BCUT2D eigenvalue weighted by molar-refractivity contribution is -0.141. The number of carbonyl (C=O) groups excluding carboxylic acids is 4. The van der Waals surface area contributed by atoms with Crippen molar-refractivity contribution < 1.29 is 38.5 Å². The van der Waals surface area contributed by atoms with E-state index in [2.05, 4.69) is 5.43 Å². The Bertz CT molecular complexity index is 1980. The number of phenols is 1. The summed E-state index contributed by atoms with van der Waals surface area (Å²) in [5.41, 5.74) is 2.99. The third-order valence-corrected chi connectivity index (χ3v) is 11.5. The van der Waals surface area contributed by atoms with Crippen molar-refractivity contribution in [2.24, 2.45) is 23.7 Å². The van der Waals surface area contributed by atoms with E-state index in [4.69, 9.17) is 37.4 Å². The SMILES string of the molecule is CCCN1C(=O)[C@H]2[C@H](CC=C3[C@H]2C[C@H]2C(=O)N(Nc4ccc(Cl)cc4Cl)C(=O)[C@@]2(c2ccc(OC)cc2)[C@H]3c2c(O)cc(OC)cc2OC)C1=O. The Morgan fingerprint density at radius 1 is 0.882 bits per heavy atom. The number of rotatable bonds is 9. The topological polar surface area (TPSA) is 135 Å². The van der Waals surface area contributed by atoms with Crippen LogP contribution in [0.3, 0.4) is 0 Å². The van der Waals surface area contributed by atoms with Gasteiger partial charge < -0.3 is 19.3 Å². The lowest BCUT2D eigenvalue weighted by atomic mass is 9.49. The third kappa shape index (κ3) is 5.15. The van der Waals surface area contributed by atoms with Crippen LogP contribution in [0.4, 0.5) is 5.69 Å². The van der Waals surface area contributed by atoms with Gasteiger partial charge in [0.1, 0.15) is 23.0 Å². The summed E-state index contributed by atoms with van der Waals surface area (Å²) >= 11 is 12.7. The molecular formula is C38H37Cl2N3O8. The van der Waals surface area contributed by atoms with Crippen molar-refractivity contribution in [2.45, 2.75) is 37.5 Å². The fourth-order valence-corrected chi connectivity index (χ4v) is 9.28. The molecule has 2 aliphatic carbocycles. The predicted molar refractivity (Wildman–Crippen MR) is 189 cm³/mol. The van der Waals surface area contributed by atoms with Gasteiger partial charge in [0.2, 0.25) is 11.8 Å². The van der Waals surface area contributed by atoms with E-state index in [1.165, 1.54) is 38.4 Å². The number of phenolic OH excluding ortho intramolecular Hbond substituents is 1. The molecule has 7 rings (SSSR count). The van der Waals surface area contributed by atoms with Crippen LogP contribution in [-0.2, 0) is 24.6 Å². The van der Waals surface area contributed by atoms with Crippen LogP contribution in [-0.4, -0.2) is 66.5 Å². The van der Waals surface area contributed by atoms with E-state index in [-0.39, 0.29) is 52.4 Å². The average molecular weight is 735 g/mol. The van der Waals surface area contributed by atoms with E-state index in [0.717, 1.165) is 5.01 Å². The number of fused-ring (bicyclic) bond motifs is 4. The summed E-state index contributed by atoms with van der Waals surface area (Å²) in [6.45, 7) is 2.20. The van der Waals surface area contributed by atoms with E-state index in [1.54, 1.807) is 42.5 Å². The Hall–Kier alpha value is -4.74. The number of likely N-dealkylation sites (tertiary alicyclic amines) is 1. The van der Waals surface area contributed by atoms with Gasteiger partial charge in [-0.25, -0.2) is 0 Å². The molecule has 13 heteroatoms. The average Bonchev–Trinajstić information content (AvgIpc) is 3.49. The highest BCUT2D eigenvalue weighted by molar-refractivity contribution is 6.36. The predicted octanol–water partition coefficient (Wildman–Crippen LogP) is 6.12. The number of hydrogen-bond donors (Lipinski definition) is 2. The van der Waals surface area contributed by atoms with Gasteiger partial charge in [-0.2, -0.15) is 5.01 Å². The second kappa shape index (κ2) is 13.1. The quantitative estimate of drug-likeness (QED) is 0.197. The molecule has 51 heavy (non-hydrogen) atoms. The molecule has 2 N–H and O–H groups in total. The van der Waals surface area contributed by atoms with Gasteiger partial charge in [-0.05, 0) is 61.1 Å². The van der Waals surface area contributed by atoms with Crippen molar-refractivity contribution in [3.05, 3.63) is 87.4 Å². The van der Waals surface area contributed by atoms with Crippen molar-refractivity contribution in [2.75, 3.05) is 33.3 Å². The fourth-order valence-electron chi connectivity index (χ4n) is 8.83. The molecule has 2 saturated heterocycles. The number of hydrogen-bond acceptors (Lipinski definition) is 9. The first-order valence-corrected chi connectivity index (χ1v) is 17.5. The first-order valence-electron chi connectivity index (χ1n) is 16.8. The molecule has 0 aromatic heterocycles. The van der Waals surface area contributed by atoms with Gasteiger partial charge in [0.15, 0.2) is 0 Å². The smallest absolute Gasteiger partial charge is 0.260 e. The summed E-state index contributed by atoms with van der Waals surface area (Å²) in [4.78, 5) is 59.4. The van der Waals surface area contributed by atoms with Gasteiger partial charge in [-0.1, -0.05) is 53.9 Å². The monoisotopic (exact) mass is 733 g/mol. The first kappa shape index (κ1) is 34.7. The minimum Gasteiger partial charge on any atom is -0.507 e. The summed E-state index contributed by atoms with van der Waals surface area (Å²) in [6.07, 6.45) is 2.87. The Morgan fingerprint density at radius 3 is 2.25 bits per heavy atom. The van der Waals surface area contributed by atoms with E-state index >= 15 is 4.79 Å². The van der Waals surface area contributed by atoms with Crippen molar-refractivity contribution in [1.29, 1.82) is 0 Å². The van der Waals surface area contributed by atoms with Crippen LogP contribution in [0.5, 0.6) is 23.0 Å². The normalized spacial score (nSPS) is 26.8. The van der Waals surface area contributed by atoms with Crippen LogP contribution in [0.15, 0.2) is 66.2 Å². The van der Waals surface area contributed by atoms with Gasteiger partial charge >= 0.3 is 0 Å². The zero-order chi connectivity index (χ0) is 36.4. The molecule has 0 radical (unpaired) electrons.